The van der Waals surface area contributed by atoms with Crippen molar-refractivity contribution in [2.24, 2.45) is 0 Å². The second-order valence-corrected chi connectivity index (χ2v) is 5.40. The molecule has 1 N–H and O–H groups in total. The molecule has 1 aromatic heterocycles. The molecule has 0 bridgehead atoms. The van der Waals surface area contributed by atoms with Crippen molar-refractivity contribution in [3.8, 4) is 0 Å². The van der Waals surface area contributed by atoms with Crippen LogP contribution < -0.4 is 0 Å². The van der Waals surface area contributed by atoms with Gasteiger partial charge < -0.3 is 5.11 Å². The van der Waals surface area contributed by atoms with Crippen molar-refractivity contribution < 1.29 is 5.11 Å². The van der Waals surface area contributed by atoms with Crippen LogP contribution in [0.5, 0.6) is 0 Å². The third kappa shape index (κ3) is 3.34. The smallest absolute Gasteiger partial charge is 0.129 e. The number of aromatic nitrogens is 1. The maximum atomic E-state index is 10.3. The third-order valence-electron chi connectivity index (χ3n) is 3.37. The van der Waals surface area contributed by atoms with Crippen LogP contribution in [-0.2, 0) is 6.42 Å². The van der Waals surface area contributed by atoms with Gasteiger partial charge in [-0.3, -0.25) is 0 Å². The molecule has 1 atom stereocenters. The van der Waals surface area contributed by atoms with Gasteiger partial charge in [0.15, 0.2) is 0 Å². The Balaban J connectivity index is 2.24. The topological polar surface area (TPSA) is 33.1 Å². The van der Waals surface area contributed by atoms with Crippen molar-refractivity contribution in [1.29, 1.82) is 0 Å². The quantitative estimate of drug-likeness (QED) is 0.861. The van der Waals surface area contributed by atoms with Crippen molar-refractivity contribution in [3.05, 3.63) is 63.4 Å². The van der Waals surface area contributed by atoms with E-state index in [1.807, 2.05) is 6.07 Å². The van der Waals surface area contributed by atoms with Crippen molar-refractivity contribution in [1.82, 2.24) is 4.98 Å². The minimum Gasteiger partial charge on any atom is -0.388 e. The summed E-state index contributed by atoms with van der Waals surface area (Å²) in [5, 5.41) is 10.7. The van der Waals surface area contributed by atoms with Gasteiger partial charge in [-0.05, 0) is 49.1 Å². The zero-order valence-electron chi connectivity index (χ0n) is 11.4. The van der Waals surface area contributed by atoms with Gasteiger partial charge in [0.1, 0.15) is 5.15 Å². The highest BCUT2D eigenvalue weighted by Crippen LogP contribution is 2.24. The van der Waals surface area contributed by atoms with Gasteiger partial charge in [-0.25, -0.2) is 4.98 Å². The molecule has 0 saturated heterocycles. The average molecular weight is 276 g/mol. The summed E-state index contributed by atoms with van der Waals surface area (Å²) in [6.07, 6.45) is 1.68. The number of rotatable bonds is 3. The Bertz CT molecular complexity index is 555. The van der Waals surface area contributed by atoms with E-state index < -0.39 is 6.10 Å². The van der Waals surface area contributed by atoms with Crippen LogP contribution in [-0.4, -0.2) is 10.1 Å². The van der Waals surface area contributed by atoms with Crippen LogP contribution >= 0.6 is 11.6 Å². The number of nitrogens with zero attached hydrogens (tertiary/aromatic N) is 1. The second kappa shape index (κ2) is 5.72. The van der Waals surface area contributed by atoms with Crippen LogP contribution in [0.2, 0.25) is 5.15 Å². The number of hydrogen-bond donors (Lipinski definition) is 1. The lowest BCUT2D eigenvalue weighted by molar-refractivity contribution is 0.177. The summed E-state index contributed by atoms with van der Waals surface area (Å²) in [6, 6.07) is 7.82. The van der Waals surface area contributed by atoms with Crippen LogP contribution in [0.15, 0.2) is 30.5 Å². The molecule has 0 spiro atoms. The fourth-order valence-electron chi connectivity index (χ4n) is 2.43. The van der Waals surface area contributed by atoms with Gasteiger partial charge in [0.05, 0.1) is 6.10 Å². The van der Waals surface area contributed by atoms with E-state index in [1.165, 1.54) is 22.3 Å². The minimum absolute atomic E-state index is 0.443. The Kier molecular flexibility index (Phi) is 4.23. The van der Waals surface area contributed by atoms with Gasteiger partial charge >= 0.3 is 0 Å². The first-order valence-corrected chi connectivity index (χ1v) is 6.71. The molecule has 2 rings (SSSR count). The fraction of sp³-hybridized carbons (Fsp3) is 0.312. The Morgan fingerprint density at radius 3 is 2.32 bits per heavy atom. The van der Waals surface area contributed by atoms with Crippen molar-refractivity contribution in [3.63, 3.8) is 0 Å². The number of benzene rings is 1. The standard InChI is InChI=1S/C16H18ClNO/c1-10-6-11(2)14(12(3)7-10)8-15(19)13-4-5-16(17)18-9-13/h4-7,9,15,19H,8H2,1-3H3. The van der Waals surface area contributed by atoms with Gasteiger partial charge in [0, 0.05) is 12.6 Å². The first kappa shape index (κ1) is 14.0. The molecular formula is C16H18ClNO. The monoisotopic (exact) mass is 275 g/mol. The minimum atomic E-state index is -0.551. The first-order valence-electron chi connectivity index (χ1n) is 6.33. The molecule has 0 aliphatic carbocycles. The van der Waals surface area contributed by atoms with Crippen LogP contribution in [0, 0.1) is 20.8 Å². The lowest BCUT2D eigenvalue weighted by Crippen LogP contribution is -2.05. The molecule has 0 fully saturated rings. The van der Waals surface area contributed by atoms with Crippen LogP contribution in [0.3, 0.4) is 0 Å². The molecule has 0 amide bonds. The highest BCUT2D eigenvalue weighted by Gasteiger charge is 2.12. The van der Waals surface area contributed by atoms with Crippen LogP contribution in [0.25, 0.3) is 0 Å². The van der Waals surface area contributed by atoms with Crippen molar-refractivity contribution in [2.75, 3.05) is 0 Å². The molecule has 2 aromatic rings. The predicted octanol–water partition coefficient (Wildman–Crippen LogP) is 3.94. The van der Waals surface area contributed by atoms with Crippen LogP contribution in [0.4, 0.5) is 0 Å². The van der Waals surface area contributed by atoms with E-state index in [4.69, 9.17) is 11.6 Å². The lowest BCUT2D eigenvalue weighted by atomic mass is 9.93. The van der Waals surface area contributed by atoms with E-state index in [0.29, 0.717) is 11.6 Å². The highest BCUT2D eigenvalue weighted by molar-refractivity contribution is 6.29. The summed E-state index contributed by atoms with van der Waals surface area (Å²) in [6.45, 7) is 6.26. The largest absolute Gasteiger partial charge is 0.388 e. The number of halogens is 1. The molecule has 0 saturated carbocycles. The summed E-state index contributed by atoms with van der Waals surface area (Å²) in [7, 11) is 0. The summed E-state index contributed by atoms with van der Waals surface area (Å²) in [5.41, 5.74) is 5.69. The van der Waals surface area contributed by atoms with Gasteiger partial charge in [-0.1, -0.05) is 35.4 Å². The average Bonchev–Trinajstić information content (AvgIpc) is 2.34. The van der Waals surface area contributed by atoms with Gasteiger partial charge in [-0.2, -0.15) is 0 Å². The molecule has 0 aliphatic heterocycles. The van der Waals surface area contributed by atoms with E-state index in [1.54, 1.807) is 12.3 Å². The van der Waals surface area contributed by atoms with E-state index >= 15 is 0 Å². The third-order valence-corrected chi connectivity index (χ3v) is 3.60. The molecule has 1 heterocycles. The Hall–Kier alpha value is -1.38. The molecule has 3 heteroatoms. The first-order chi connectivity index (χ1) is 8.97. The Labute approximate surface area is 119 Å². The highest BCUT2D eigenvalue weighted by atomic mass is 35.5. The van der Waals surface area contributed by atoms with Gasteiger partial charge in [0.2, 0.25) is 0 Å². The van der Waals surface area contributed by atoms with Crippen molar-refractivity contribution in [2.45, 2.75) is 33.3 Å². The normalized spacial score (nSPS) is 12.5. The molecular weight excluding hydrogens is 258 g/mol. The van der Waals surface area contributed by atoms with E-state index in [9.17, 15) is 5.11 Å². The van der Waals surface area contributed by atoms with E-state index in [-0.39, 0.29) is 0 Å². The number of hydrogen-bond acceptors (Lipinski definition) is 2. The second-order valence-electron chi connectivity index (χ2n) is 5.01. The molecule has 1 unspecified atom stereocenters. The molecule has 2 nitrogen and oxygen atoms in total. The number of aliphatic hydroxyl groups is 1. The molecule has 0 aliphatic rings. The molecule has 0 radical (unpaired) electrons. The molecule has 1 aromatic carbocycles. The van der Waals surface area contributed by atoms with Crippen molar-refractivity contribution >= 4 is 11.6 Å². The zero-order valence-corrected chi connectivity index (χ0v) is 12.2. The summed E-state index contributed by atoms with van der Waals surface area (Å²) in [5.74, 6) is 0. The maximum Gasteiger partial charge on any atom is 0.129 e. The summed E-state index contributed by atoms with van der Waals surface area (Å²) in [4.78, 5) is 4.01. The number of pyridine rings is 1. The van der Waals surface area contributed by atoms with Crippen LogP contribution in [0.1, 0.15) is 33.9 Å². The fourth-order valence-corrected chi connectivity index (χ4v) is 2.54. The Morgan fingerprint density at radius 2 is 1.79 bits per heavy atom. The molecule has 19 heavy (non-hydrogen) atoms. The Morgan fingerprint density at radius 1 is 1.16 bits per heavy atom. The molecule has 100 valence electrons. The lowest BCUT2D eigenvalue weighted by Gasteiger charge is -2.16. The summed E-state index contributed by atoms with van der Waals surface area (Å²) >= 11 is 5.75. The number of aryl methyl sites for hydroxylation is 3. The van der Waals surface area contributed by atoms with Gasteiger partial charge in [0.25, 0.3) is 0 Å². The van der Waals surface area contributed by atoms with E-state index in [2.05, 4.69) is 37.9 Å². The summed E-state index contributed by atoms with van der Waals surface area (Å²) < 4.78 is 0. The number of aliphatic hydroxyl groups excluding tert-OH is 1. The van der Waals surface area contributed by atoms with E-state index in [0.717, 1.165) is 5.56 Å². The van der Waals surface area contributed by atoms with Gasteiger partial charge in [-0.15, -0.1) is 0 Å². The maximum absolute atomic E-state index is 10.3. The predicted molar refractivity (Wildman–Crippen MR) is 78.6 cm³/mol. The zero-order chi connectivity index (χ0) is 14.0. The SMILES string of the molecule is Cc1cc(C)c(CC(O)c2ccc(Cl)nc2)c(C)c1.